The lowest BCUT2D eigenvalue weighted by Gasteiger charge is -2.10. The molecule has 0 bridgehead atoms. The highest BCUT2D eigenvalue weighted by atomic mass is 35.5. The van der Waals surface area contributed by atoms with Crippen molar-refractivity contribution in [2.45, 2.75) is 13.5 Å². The van der Waals surface area contributed by atoms with Crippen molar-refractivity contribution >= 4 is 17.2 Å². The van der Waals surface area contributed by atoms with Gasteiger partial charge in [0.15, 0.2) is 11.4 Å². The van der Waals surface area contributed by atoms with Crippen LogP contribution >= 0.6 is 11.6 Å². The molecule has 136 valence electrons. The van der Waals surface area contributed by atoms with Crippen LogP contribution in [-0.4, -0.2) is 9.38 Å². The number of nitrogens with zero attached hydrogens (tertiary/aromatic N) is 2. The van der Waals surface area contributed by atoms with Gasteiger partial charge in [-0.3, -0.25) is 4.40 Å². The van der Waals surface area contributed by atoms with E-state index in [-0.39, 0.29) is 12.2 Å². The molecule has 3 nitrogen and oxygen atoms in total. The number of imidazole rings is 1. The summed E-state index contributed by atoms with van der Waals surface area (Å²) in [7, 11) is 0. The number of hydrogen-bond acceptors (Lipinski definition) is 2. The second-order valence-corrected chi connectivity index (χ2v) is 6.55. The monoisotopic (exact) mass is 384 g/mol. The number of halogens is 3. The Balaban J connectivity index is 1.74. The van der Waals surface area contributed by atoms with Crippen LogP contribution in [0, 0.1) is 18.6 Å². The van der Waals surface area contributed by atoms with Crippen LogP contribution in [0.25, 0.3) is 16.9 Å². The highest BCUT2D eigenvalue weighted by molar-refractivity contribution is 6.30. The minimum atomic E-state index is -0.638. The van der Waals surface area contributed by atoms with Crippen molar-refractivity contribution in [3.63, 3.8) is 0 Å². The molecule has 0 saturated heterocycles. The standard InChI is InChI=1S/C21H15ClF2N2O/c1-13-20(14-5-2-6-15(22)11-14)26-10-4-9-19(21(26)25-13)27-12-16-17(23)7-3-8-18(16)24/h2-11H,12H2,1H3. The molecule has 4 aromatic rings. The third-order valence-corrected chi connectivity index (χ3v) is 4.56. The quantitative estimate of drug-likeness (QED) is 0.443. The van der Waals surface area contributed by atoms with E-state index in [4.69, 9.17) is 16.3 Å². The van der Waals surface area contributed by atoms with Crippen LogP contribution in [0.1, 0.15) is 11.3 Å². The van der Waals surface area contributed by atoms with Crippen LogP contribution in [-0.2, 0) is 6.61 Å². The van der Waals surface area contributed by atoms with Gasteiger partial charge in [0, 0.05) is 16.8 Å². The average molecular weight is 385 g/mol. The molecular weight excluding hydrogens is 370 g/mol. The maximum atomic E-state index is 13.8. The van der Waals surface area contributed by atoms with E-state index in [0.717, 1.165) is 17.0 Å². The number of hydrogen-bond donors (Lipinski definition) is 0. The largest absolute Gasteiger partial charge is 0.485 e. The molecule has 0 saturated carbocycles. The zero-order chi connectivity index (χ0) is 19.0. The van der Waals surface area contributed by atoms with Gasteiger partial charge in [0.1, 0.15) is 18.2 Å². The van der Waals surface area contributed by atoms with Crippen molar-refractivity contribution in [2.24, 2.45) is 0 Å². The number of benzene rings is 2. The van der Waals surface area contributed by atoms with Gasteiger partial charge in [-0.1, -0.05) is 29.8 Å². The molecule has 0 atom stereocenters. The van der Waals surface area contributed by atoms with Crippen molar-refractivity contribution in [3.05, 3.63) is 88.7 Å². The Bertz CT molecular complexity index is 1120. The fraction of sp³-hybridized carbons (Fsp3) is 0.0952. The van der Waals surface area contributed by atoms with Crippen molar-refractivity contribution in [2.75, 3.05) is 0 Å². The van der Waals surface area contributed by atoms with E-state index < -0.39 is 11.6 Å². The second kappa shape index (κ2) is 7.00. The summed E-state index contributed by atoms with van der Waals surface area (Å²) in [4.78, 5) is 4.58. The number of pyridine rings is 1. The zero-order valence-electron chi connectivity index (χ0n) is 14.4. The van der Waals surface area contributed by atoms with Crippen LogP contribution in [0.4, 0.5) is 8.78 Å². The van der Waals surface area contributed by atoms with Gasteiger partial charge in [0.05, 0.1) is 17.0 Å². The third kappa shape index (κ3) is 3.26. The first-order chi connectivity index (χ1) is 13.0. The summed E-state index contributed by atoms with van der Waals surface area (Å²) in [5, 5.41) is 0.629. The van der Waals surface area contributed by atoms with Gasteiger partial charge in [-0.25, -0.2) is 13.8 Å². The molecule has 0 aliphatic rings. The van der Waals surface area contributed by atoms with Gasteiger partial charge in [0.25, 0.3) is 0 Å². The zero-order valence-corrected chi connectivity index (χ0v) is 15.2. The summed E-state index contributed by atoms with van der Waals surface area (Å²) < 4.78 is 35.3. The molecule has 2 heterocycles. The minimum absolute atomic E-state index is 0.113. The highest BCUT2D eigenvalue weighted by Gasteiger charge is 2.16. The summed E-state index contributed by atoms with van der Waals surface area (Å²) in [6.07, 6.45) is 1.86. The number of ether oxygens (including phenoxy) is 1. The number of fused-ring (bicyclic) bond motifs is 1. The topological polar surface area (TPSA) is 26.5 Å². The van der Waals surface area contributed by atoms with Crippen LogP contribution < -0.4 is 4.74 Å². The Morgan fingerprint density at radius 3 is 2.52 bits per heavy atom. The molecule has 0 amide bonds. The van der Waals surface area contributed by atoms with Gasteiger partial charge in [-0.2, -0.15) is 0 Å². The molecule has 4 rings (SSSR count). The van der Waals surface area contributed by atoms with E-state index in [9.17, 15) is 8.78 Å². The predicted octanol–water partition coefficient (Wildman–Crippen LogP) is 5.82. The van der Waals surface area contributed by atoms with E-state index in [1.807, 2.05) is 35.7 Å². The summed E-state index contributed by atoms with van der Waals surface area (Å²) in [5.74, 6) is -0.835. The molecular formula is C21H15ClF2N2O. The maximum Gasteiger partial charge on any atom is 0.180 e. The van der Waals surface area contributed by atoms with Crippen LogP contribution in [0.15, 0.2) is 60.8 Å². The Labute approximate surface area is 159 Å². The normalized spacial score (nSPS) is 11.1. The molecule has 0 N–H and O–H groups in total. The van der Waals surface area contributed by atoms with E-state index in [2.05, 4.69) is 4.98 Å². The van der Waals surface area contributed by atoms with Gasteiger partial charge in [-0.15, -0.1) is 0 Å². The van der Waals surface area contributed by atoms with E-state index in [1.54, 1.807) is 18.2 Å². The lowest BCUT2D eigenvalue weighted by molar-refractivity contribution is 0.294. The van der Waals surface area contributed by atoms with Crippen molar-refractivity contribution in [1.82, 2.24) is 9.38 Å². The Hall–Kier alpha value is -2.92. The second-order valence-electron chi connectivity index (χ2n) is 6.11. The molecule has 27 heavy (non-hydrogen) atoms. The summed E-state index contributed by atoms with van der Waals surface area (Å²) >= 11 is 6.12. The van der Waals surface area contributed by atoms with Gasteiger partial charge >= 0.3 is 0 Å². The summed E-state index contributed by atoms with van der Waals surface area (Å²) in [5.41, 5.74) is 3.06. The van der Waals surface area contributed by atoms with Gasteiger partial charge < -0.3 is 4.74 Å². The molecule has 0 aliphatic carbocycles. The summed E-state index contributed by atoms with van der Waals surface area (Å²) in [6, 6.07) is 14.8. The van der Waals surface area contributed by atoms with Gasteiger partial charge in [0.2, 0.25) is 0 Å². The lowest BCUT2D eigenvalue weighted by atomic mass is 10.1. The van der Waals surface area contributed by atoms with Crippen molar-refractivity contribution < 1.29 is 13.5 Å². The number of rotatable bonds is 4. The van der Waals surface area contributed by atoms with Crippen LogP contribution in [0.5, 0.6) is 5.75 Å². The highest BCUT2D eigenvalue weighted by Crippen LogP contribution is 2.30. The molecule has 0 aliphatic heterocycles. The SMILES string of the molecule is Cc1nc2c(OCc3c(F)cccc3F)cccn2c1-c1cccc(Cl)c1. The van der Waals surface area contributed by atoms with Crippen LogP contribution in [0.3, 0.4) is 0 Å². The molecule has 0 fully saturated rings. The summed E-state index contributed by atoms with van der Waals surface area (Å²) in [6.45, 7) is 1.67. The first-order valence-electron chi connectivity index (χ1n) is 8.34. The van der Waals surface area contributed by atoms with Crippen molar-refractivity contribution in [1.29, 1.82) is 0 Å². The van der Waals surface area contributed by atoms with E-state index in [0.29, 0.717) is 16.4 Å². The van der Waals surface area contributed by atoms with E-state index >= 15 is 0 Å². The first-order valence-corrected chi connectivity index (χ1v) is 8.71. The third-order valence-electron chi connectivity index (χ3n) is 4.32. The molecule has 2 aromatic carbocycles. The van der Waals surface area contributed by atoms with Crippen molar-refractivity contribution in [3.8, 4) is 17.0 Å². The average Bonchev–Trinajstić information content (AvgIpc) is 2.98. The molecule has 2 aromatic heterocycles. The minimum Gasteiger partial charge on any atom is -0.485 e. The fourth-order valence-corrected chi connectivity index (χ4v) is 3.26. The maximum absolute atomic E-state index is 13.8. The van der Waals surface area contributed by atoms with Gasteiger partial charge in [-0.05, 0) is 43.3 Å². The predicted molar refractivity (Wildman–Crippen MR) is 101 cm³/mol. The Morgan fingerprint density at radius 1 is 1.04 bits per heavy atom. The van der Waals surface area contributed by atoms with E-state index in [1.165, 1.54) is 18.2 Å². The number of aromatic nitrogens is 2. The first kappa shape index (κ1) is 17.5. The van der Waals surface area contributed by atoms with Crippen LogP contribution in [0.2, 0.25) is 5.02 Å². The fourth-order valence-electron chi connectivity index (χ4n) is 3.07. The smallest absolute Gasteiger partial charge is 0.180 e. The Kier molecular flexibility index (Phi) is 4.54. The molecule has 6 heteroatoms. The molecule has 0 spiro atoms. The molecule has 0 unspecified atom stereocenters. The lowest BCUT2D eigenvalue weighted by Crippen LogP contribution is -2.03. The Morgan fingerprint density at radius 2 is 1.78 bits per heavy atom. The number of aryl methyl sites for hydroxylation is 1. The molecule has 0 radical (unpaired) electrons.